The zero-order valence-corrected chi connectivity index (χ0v) is 14.3. The van der Waals surface area contributed by atoms with Crippen LogP contribution in [0.15, 0.2) is 0 Å². The fraction of sp³-hybridized carbons (Fsp3) is 1.00. The van der Waals surface area contributed by atoms with Crippen LogP contribution in [0.2, 0.25) is 0 Å². The van der Waals surface area contributed by atoms with Crippen LogP contribution in [0.25, 0.3) is 0 Å². The Morgan fingerprint density at radius 2 is 1.50 bits per heavy atom. The Bertz CT molecular complexity index is 301. The summed E-state index contributed by atoms with van der Waals surface area (Å²) in [6.07, 6.45) is 12.2. The number of piperidine rings is 1. The minimum Gasteiger partial charge on any atom is -0.303 e. The summed E-state index contributed by atoms with van der Waals surface area (Å²) in [6.45, 7) is 8.75. The van der Waals surface area contributed by atoms with Crippen LogP contribution in [0.4, 0.5) is 0 Å². The van der Waals surface area contributed by atoms with Gasteiger partial charge < -0.3 is 4.90 Å². The van der Waals surface area contributed by atoms with Crippen molar-refractivity contribution in [3.05, 3.63) is 0 Å². The van der Waals surface area contributed by atoms with Crippen LogP contribution in [0, 0.1) is 5.92 Å². The SMILES string of the molecule is CCCCCCCCN1CCC(C)CC1.CS(=O)(=O)O. The molecule has 1 aliphatic heterocycles. The second-order valence-electron chi connectivity index (χ2n) is 6.02. The van der Waals surface area contributed by atoms with E-state index in [-0.39, 0.29) is 0 Å². The van der Waals surface area contributed by atoms with E-state index in [1.165, 1.54) is 71.0 Å². The van der Waals surface area contributed by atoms with Crippen LogP contribution < -0.4 is 0 Å². The van der Waals surface area contributed by atoms with Crippen molar-refractivity contribution in [2.24, 2.45) is 5.92 Å². The van der Waals surface area contributed by atoms with Crippen molar-refractivity contribution in [2.45, 2.75) is 65.2 Å². The molecule has 0 aromatic carbocycles. The van der Waals surface area contributed by atoms with Crippen LogP contribution >= 0.6 is 0 Å². The Morgan fingerprint density at radius 3 is 2.00 bits per heavy atom. The lowest BCUT2D eigenvalue weighted by Crippen LogP contribution is -2.33. The van der Waals surface area contributed by atoms with Crippen LogP contribution in [0.3, 0.4) is 0 Å². The van der Waals surface area contributed by atoms with Gasteiger partial charge in [-0.05, 0) is 44.8 Å². The van der Waals surface area contributed by atoms with E-state index in [0.29, 0.717) is 6.26 Å². The van der Waals surface area contributed by atoms with Gasteiger partial charge in [0.1, 0.15) is 0 Å². The molecule has 0 aromatic rings. The molecule has 0 amide bonds. The average molecular weight is 308 g/mol. The third-order valence-corrected chi connectivity index (χ3v) is 3.70. The van der Waals surface area contributed by atoms with E-state index >= 15 is 0 Å². The fourth-order valence-electron chi connectivity index (χ4n) is 2.40. The van der Waals surface area contributed by atoms with Crippen LogP contribution in [-0.2, 0) is 10.1 Å². The maximum absolute atomic E-state index is 9.19. The van der Waals surface area contributed by atoms with E-state index < -0.39 is 10.1 Å². The van der Waals surface area contributed by atoms with Gasteiger partial charge in [-0.25, -0.2) is 0 Å². The standard InChI is InChI=1S/C14H29N.CH4O3S/c1-3-4-5-6-7-8-11-15-12-9-14(2)10-13-15;1-5(2,3)4/h14H,3-13H2,1-2H3;1H3,(H,2,3,4). The molecule has 0 bridgehead atoms. The largest absolute Gasteiger partial charge is 0.303 e. The molecule has 1 aliphatic rings. The van der Waals surface area contributed by atoms with Gasteiger partial charge in [0, 0.05) is 0 Å². The highest BCUT2D eigenvalue weighted by Gasteiger charge is 2.14. The molecule has 0 spiro atoms. The molecule has 0 radical (unpaired) electrons. The summed E-state index contributed by atoms with van der Waals surface area (Å²) >= 11 is 0. The maximum Gasteiger partial charge on any atom is 0.261 e. The van der Waals surface area contributed by atoms with Crippen molar-refractivity contribution in [1.82, 2.24) is 4.90 Å². The Labute approximate surface area is 125 Å². The molecular formula is C15H33NO3S. The number of unbranched alkanes of at least 4 members (excludes halogenated alkanes) is 5. The molecule has 0 unspecified atom stereocenters. The Kier molecular flexibility index (Phi) is 11.4. The van der Waals surface area contributed by atoms with E-state index in [4.69, 9.17) is 4.55 Å². The van der Waals surface area contributed by atoms with Gasteiger partial charge in [0.15, 0.2) is 0 Å². The van der Waals surface area contributed by atoms with Gasteiger partial charge in [0.05, 0.1) is 6.26 Å². The normalized spacial score (nSPS) is 17.6. The van der Waals surface area contributed by atoms with E-state index in [9.17, 15) is 8.42 Å². The molecular weight excluding hydrogens is 274 g/mol. The topological polar surface area (TPSA) is 57.6 Å². The van der Waals surface area contributed by atoms with Gasteiger partial charge in [0.25, 0.3) is 10.1 Å². The van der Waals surface area contributed by atoms with Crippen molar-refractivity contribution in [3.8, 4) is 0 Å². The summed E-state index contributed by atoms with van der Waals surface area (Å²) < 4.78 is 25.9. The third kappa shape index (κ3) is 15.9. The zero-order valence-electron chi connectivity index (χ0n) is 13.5. The third-order valence-electron chi connectivity index (χ3n) is 3.70. The highest BCUT2D eigenvalue weighted by atomic mass is 32.2. The number of rotatable bonds is 7. The molecule has 20 heavy (non-hydrogen) atoms. The van der Waals surface area contributed by atoms with Crippen LogP contribution in [0.1, 0.15) is 65.2 Å². The van der Waals surface area contributed by atoms with Crippen molar-refractivity contribution in [3.63, 3.8) is 0 Å². The van der Waals surface area contributed by atoms with E-state index in [1.54, 1.807) is 0 Å². The lowest BCUT2D eigenvalue weighted by Gasteiger charge is -2.30. The molecule has 1 saturated heterocycles. The summed E-state index contributed by atoms with van der Waals surface area (Å²) in [7, 11) is -3.67. The monoisotopic (exact) mass is 307 g/mol. The second-order valence-corrected chi connectivity index (χ2v) is 7.49. The minimum atomic E-state index is -3.67. The quantitative estimate of drug-likeness (QED) is 0.577. The van der Waals surface area contributed by atoms with Crippen molar-refractivity contribution in [2.75, 3.05) is 25.9 Å². The number of hydrogen-bond acceptors (Lipinski definition) is 3. The highest BCUT2D eigenvalue weighted by Crippen LogP contribution is 2.16. The van der Waals surface area contributed by atoms with Gasteiger partial charge in [-0.15, -0.1) is 0 Å². The molecule has 122 valence electrons. The summed E-state index contributed by atoms with van der Waals surface area (Å²) in [5, 5.41) is 0. The summed E-state index contributed by atoms with van der Waals surface area (Å²) in [5.74, 6) is 0.978. The number of likely N-dealkylation sites (tertiary alicyclic amines) is 1. The Balaban J connectivity index is 0.000000621. The fourth-order valence-corrected chi connectivity index (χ4v) is 2.40. The van der Waals surface area contributed by atoms with Gasteiger partial charge in [-0.1, -0.05) is 46.0 Å². The molecule has 0 saturated carbocycles. The lowest BCUT2D eigenvalue weighted by molar-refractivity contribution is 0.189. The second kappa shape index (κ2) is 11.5. The van der Waals surface area contributed by atoms with Crippen molar-refractivity contribution in [1.29, 1.82) is 0 Å². The number of hydrogen-bond donors (Lipinski definition) is 1. The molecule has 0 atom stereocenters. The van der Waals surface area contributed by atoms with Crippen molar-refractivity contribution >= 4 is 10.1 Å². The first kappa shape index (κ1) is 19.9. The number of nitrogens with zero attached hydrogens (tertiary/aromatic N) is 1. The zero-order chi connectivity index (χ0) is 15.4. The van der Waals surface area contributed by atoms with E-state index in [1.807, 2.05) is 0 Å². The van der Waals surface area contributed by atoms with Crippen molar-refractivity contribution < 1.29 is 13.0 Å². The Hall–Kier alpha value is -0.130. The lowest BCUT2D eigenvalue weighted by atomic mass is 9.99. The molecule has 1 rings (SSSR count). The summed E-state index contributed by atoms with van der Waals surface area (Å²) in [6, 6.07) is 0. The molecule has 1 fully saturated rings. The Morgan fingerprint density at radius 1 is 1.05 bits per heavy atom. The van der Waals surface area contributed by atoms with E-state index in [2.05, 4.69) is 18.7 Å². The molecule has 4 nitrogen and oxygen atoms in total. The smallest absolute Gasteiger partial charge is 0.261 e. The molecule has 0 aromatic heterocycles. The minimum absolute atomic E-state index is 0.715. The average Bonchev–Trinajstić information content (AvgIpc) is 2.34. The molecule has 0 aliphatic carbocycles. The van der Waals surface area contributed by atoms with Gasteiger partial charge in [0.2, 0.25) is 0 Å². The van der Waals surface area contributed by atoms with Crippen LogP contribution in [-0.4, -0.2) is 43.8 Å². The summed E-state index contributed by atoms with van der Waals surface area (Å²) in [5.41, 5.74) is 0. The first-order valence-electron chi connectivity index (χ1n) is 7.97. The van der Waals surface area contributed by atoms with Gasteiger partial charge in [-0.2, -0.15) is 8.42 Å². The summed E-state index contributed by atoms with van der Waals surface area (Å²) in [4.78, 5) is 2.67. The maximum atomic E-state index is 9.19. The van der Waals surface area contributed by atoms with Gasteiger partial charge >= 0.3 is 0 Å². The first-order valence-corrected chi connectivity index (χ1v) is 9.82. The van der Waals surface area contributed by atoms with E-state index in [0.717, 1.165) is 5.92 Å². The highest BCUT2D eigenvalue weighted by molar-refractivity contribution is 7.85. The predicted octanol–water partition coefficient (Wildman–Crippen LogP) is 3.58. The molecule has 1 heterocycles. The molecule has 1 N–H and O–H groups in total. The van der Waals surface area contributed by atoms with Crippen LogP contribution in [0.5, 0.6) is 0 Å². The molecule has 5 heteroatoms. The predicted molar refractivity (Wildman–Crippen MR) is 85.7 cm³/mol. The first-order chi connectivity index (χ1) is 9.33. The van der Waals surface area contributed by atoms with Gasteiger partial charge in [-0.3, -0.25) is 4.55 Å².